The van der Waals surface area contributed by atoms with Crippen molar-refractivity contribution in [3.63, 3.8) is 0 Å². The van der Waals surface area contributed by atoms with Crippen LogP contribution in [0, 0.1) is 6.07 Å². The van der Waals surface area contributed by atoms with Gasteiger partial charge in [-0.2, -0.15) is 0 Å². The van der Waals surface area contributed by atoms with Gasteiger partial charge >= 0.3 is 0 Å². The third-order valence-corrected chi connectivity index (χ3v) is 1.98. The summed E-state index contributed by atoms with van der Waals surface area (Å²) in [6.45, 7) is 0. The number of fused-ring (bicyclic) bond motifs is 1. The second-order valence-electron chi connectivity index (χ2n) is 1.77. The minimum Gasteiger partial charge on any atom is -0.267 e. The number of hydrogen-bond acceptors (Lipinski definition) is 3. The van der Waals surface area contributed by atoms with Crippen LogP contribution >= 0.6 is 11.5 Å². The molecular weight excluding hydrogens is 148 g/mol. The van der Waals surface area contributed by atoms with E-state index in [4.69, 9.17) is 0 Å². The number of rotatable bonds is 0. The second kappa shape index (κ2) is 1.91. The largest absolute Gasteiger partial charge is 0.275 e. The van der Waals surface area contributed by atoms with E-state index >= 15 is 0 Å². The van der Waals surface area contributed by atoms with Gasteiger partial charge in [0.1, 0.15) is 5.65 Å². The molecule has 0 bridgehead atoms. The van der Waals surface area contributed by atoms with Crippen LogP contribution in [0.25, 0.3) is 5.65 Å². The monoisotopic (exact) mass is 151 g/mol. The minimum atomic E-state index is -0.139. The number of nitrogens with zero attached hydrogens (tertiary/aromatic N) is 2. The van der Waals surface area contributed by atoms with Gasteiger partial charge < -0.3 is 0 Å². The lowest BCUT2D eigenvalue weighted by Crippen LogP contribution is -2.08. The molecule has 0 aliphatic heterocycles. The van der Waals surface area contributed by atoms with E-state index in [2.05, 4.69) is 11.1 Å². The van der Waals surface area contributed by atoms with Gasteiger partial charge in [-0.1, -0.05) is 11.5 Å². The zero-order chi connectivity index (χ0) is 6.97. The average molecular weight is 151 g/mol. The van der Waals surface area contributed by atoms with E-state index in [0.717, 1.165) is 0 Å². The summed E-state index contributed by atoms with van der Waals surface area (Å²) in [5, 5.41) is 1.82. The Kier molecular flexibility index (Phi) is 1.07. The molecule has 0 spiro atoms. The van der Waals surface area contributed by atoms with Gasteiger partial charge in [-0.25, -0.2) is 8.77 Å². The van der Waals surface area contributed by atoms with E-state index in [1.807, 2.05) is 5.38 Å². The molecule has 3 nitrogen and oxygen atoms in total. The lowest BCUT2D eigenvalue weighted by molar-refractivity contribution is 1.15. The molecule has 0 saturated carbocycles. The Morgan fingerprint density at radius 3 is 3.40 bits per heavy atom. The van der Waals surface area contributed by atoms with Crippen molar-refractivity contribution in [1.29, 1.82) is 0 Å². The normalized spacial score (nSPS) is 10.4. The maximum atomic E-state index is 10.9. The van der Waals surface area contributed by atoms with Crippen LogP contribution in [0.4, 0.5) is 0 Å². The third kappa shape index (κ3) is 0.657. The van der Waals surface area contributed by atoms with Crippen LogP contribution in [0.1, 0.15) is 0 Å². The van der Waals surface area contributed by atoms with Gasteiger partial charge in [-0.15, -0.1) is 0 Å². The van der Waals surface area contributed by atoms with Gasteiger partial charge in [0.25, 0.3) is 5.56 Å². The van der Waals surface area contributed by atoms with Crippen molar-refractivity contribution in [3.05, 3.63) is 34.1 Å². The van der Waals surface area contributed by atoms with Crippen LogP contribution in [0.5, 0.6) is 0 Å². The van der Waals surface area contributed by atoms with E-state index < -0.39 is 0 Å². The van der Waals surface area contributed by atoms with Crippen molar-refractivity contribution in [1.82, 2.24) is 8.77 Å². The predicted molar refractivity (Wildman–Crippen MR) is 38.2 cm³/mol. The first-order chi connectivity index (χ1) is 4.88. The second-order valence-corrected chi connectivity index (χ2v) is 2.62. The van der Waals surface area contributed by atoms with Gasteiger partial charge in [-0.05, 0) is 6.07 Å². The van der Waals surface area contributed by atoms with Crippen LogP contribution in [0.15, 0.2) is 22.4 Å². The summed E-state index contributed by atoms with van der Waals surface area (Å²) in [5.41, 5.74) is 0.550. The van der Waals surface area contributed by atoms with Crippen molar-refractivity contribution >= 4 is 17.2 Å². The SMILES string of the molecule is O=c1[c]cnc2ccsn12. The van der Waals surface area contributed by atoms with Crippen molar-refractivity contribution in [2.75, 3.05) is 0 Å². The van der Waals surface area contributed by atoms with Gasteiger partial charge in [0.15, 0.2) is 0 Å². The highest BCUT2D eigenvalue weighted by atomic mass is 32.1. The highest BCUT2D eigenvalue weighted by molar-refractivity contribution is 7.04. The molecule has 0 aromatic carbocycles. The first-order valence-electron chi connectivity index (χ1n) is 2.71. The van der Waals surface area contributed by atoms with E-state index in [1.54, 1.807) is 6.07 Å². The van der Waals surface area contributed by atoms with E-state index in [1.165, 1.54) is 21.5 Å². The molecule has 4 heteroatoms. The first kappa shape index (κ1) is 5.61. The lowest BCUT2D eigenvalue weighted by atomic mass is 10.6. The van der Waals surface area contributed by atoms with Crippen LogP contribution < -0.4 is 5.56 Å². The Morgan fingerprint density at radius 2 is 2.60 bits per heavy atom. The Labute approximate surface area is 60.7 Å². The standard InChI is InChI=1S/C6H3N2OS/c9-6-1-3-7-5-2-4-10-8(5)6/h2-4H. The van der Waals surface area contributed by atoms with Crippen molar-refractivity contribution in [2.45, 2.75) is 0 Å². The van der Waals surface area contributed by atoms with Crippen LogP contribution in [0.3, 0.4) is 0 Å². The maximum absolute atomic E-state index is 10.9. The molecule has 0 amide bonds. The molecule has 2 rings (SSSR count). The highest BCUT2D eigenvalue weighted by Gasteiger charge is 1.94. The van der Waals surface area contributed by atoms with Crippen LogP contribution in [0.2, 0.25) is 0 Å². The fourth-order valence-electron chi connectivity index (χ4n) is 0.733. The molecule has 10 heavy (non-hydrogen) atoms. The Balaban J connectivity index is 3.09. The molecule has 0 fully saturated rings. The summed E-state index contributed by atoms with van der Waals surface area (Å²) < 4.78 is 1.49. The molecule has 0 aliphatic rings. The molecular formula is C6H3N2OS. The predicted octanol–water partition coefficient (Wildman–Crippen LogP) is 0.556. The molecule has 0 N–H and O–H groups in total. The van der Waals surface area contributed by atoms with E-state index in [9.17, 15) is 4.79 Å². The fraction of sp³-hybridized carbons (Fsp3) is 0. The fourth-order valence-corrected chi connectivity index (χ4v) is 1.40. The average Bonchev–Trinajstić information content (AvgIpc) is 2.36. The zero-order valence-corrected chi connectivity index (χ0v) is 5.76. The third-order valence-electron chi connectivity index (χ3n) is 1.16. The quantitative estimate of drug-likeness (QED) is 0.551. The maximum Gasteiger partial charge on any atom is 0.275 e. The summed E-state index contributed by atoms with van der Waals surface area (Å²) in [5.74, 6) is 0. The van der Waals surface area contributed by atoms with Crippen molar-refractivity contribution in [3.8, 4) is 0 Å². The topological polar surface area (TPSA) is 34.4 Å². The van der Waals surface area contributed by atoms with Crippen molar-refractivity contribution in [2.24, 2.45) is 0 Å². The molecule has 0 aliphatic carbocycles. The summed E-state index contributed by atoms with van der Waals surface area (Å²) in [6.07, 6.45) is 1.39. The molecule has 0 unspecified atom stereocenters. The Hall–Kier alpha value is -1.16. The summed E-state index contributed by atoms with van der Waals surface area (Å²) in [7, 11) is 0. The lowest BCUT2D eigenvalue weighted by Gasteiger charge is -1.84. The molecule has 49 valence electrons. The number of aromatic nitrogens is 2. The molecule has 2 aromatic rings. The molecule has 2 heterocycles. The van der Waals surface area contributed by atoms with Crippen LogP contribution in [-0.2, 0) is 0 Å². The molecule has 0 saturated heterocycles. The van der Waals surface area contributed by atoms with Gasteiger partial charge in [0.2, 0.25) is 0 Å². The summed E-state index contributed by atoms with van der Waals surface area (Å²) >= 11 is 1.32. The number of hydrogen-bond donors (Lipinski definition) is 0. The van der Waals surface area contributed by atoms with Crippen molar-refractivity contribution < 1.29 is 0 Å². The summed E-state index contributed by atoms with van der Waals surface area (Å²) in [6, 6.07) is 4.26. The minimum absolute atomic E-state index is 0.139. The first-order valence-corrected chi connectivity index (χ1v) is 3.55. The van der Waals surface area contributed by atoms with Crippen LogP contribution in [-0.4, -0.2) is 8.77 Å². The van der Waals surface area contributed by atoms with Gasteiger partial charge in [0, 0.05) is 11.6 Å². The smallest absolute Gasteiger partial charge is 0.267 e. The Morgan fingerprint density at radius 1 is 1.70 bits per heavy atom. The Bertz CT molecular complexity index is 403. The molecule has 2 aromatic heterocycles. The summed E-state index contributed by atoms with van der Waals surface area (Å²) in [4.78, 5) is 14.8. The van der Waals surface area contributed by atoms with E-state index in [-0.39, 0.29) is 5.56 Å². The molecule has 1 radical (unpaired) electrons. The zero-order valence-electron chi connectivity index (χ0n) is 4.94. The van der Waals surface area contributed by atoms with Gasteiger partial charge in [0.05, 0.1) is 6.07 Å². The van der Waals surface area contributed by atoms with E-state index in [0.29, 0.717) is 5.65 Å². The van der Waals surface area contributed by atoms with Gasteiger partial charge in [-0.3, -0.25) is 4.79 Å². The molecule has 0 atom stereocenters. The highest BCUT2D eigenvalue weighted by Crippen LogP contribution is 2.00.